The van der Waals surface area contributed by atoms with E-state index in [-0.39, 0.29) is 0 Å². The minimum Gasteiger partial charge on any atom is -0.143 e. The van der Waals surface area contributed by atoms with Gasteiger partial charge in [-0.05, 0) is 22.4 Å². The fourth-order valence-electron chi connectivity index (χ4n) is 1.04. The van der Waals surface area contributed by atoms with Crippen LogP contribution in [0.2, 0.25) is 0 Å². The molecule has 0 saturated carbocycles. The summed E-state index contributed by atoms with van der Waals surface area (Å²) in [4.78, 5) is 0. The average molecular weight is 249 g/mol. The van der Waals surface area contributed by atoms with Crippen molar-refractivity contribution in [3.63, 3.8) is 0 Å². The Morgan fingerprint density at radius 3 is 2.67 bits per heavy atom. The highest BCUT2D eigenvalue weighted by Crippen LogP contribution is 2.17. The Morgan fingerprint density at radius 2 is 2.08 bits per heavy atom. The Hall–Kier alpha value is 0.0400. The molecule has 0 spiro atoms. The summed E-state index contributed by atoms with van der Waals surface area (Å²) >= 11 is 4.94. The van der Waals surface area contributed by atoms with Gasteiger partial charge in [0.25, 0.3) is 0 Å². The lowest BCUT2D eigenvalue weighted by Gasteiger charge is -1.94. The van der Waals surface area contributed by atoms with Gasteiger partial charge in [-0.3, -0.25) is 0 Å². The van der Waals surface area contributed by atoms with Crippen molar-refractivity contribution in [3.05, 3.63) is 8.92 Å². The molecule has 1 heterocycles. The van der Waals surface area contributed by atoms with E-state index in [9.17, 15) is 0 Å². The molecule has 0 saturated heterocycles. The molecule has 0 N–H and O–H groups in total. The van der Waals surface area contributed by atoms with Crippen LogP contribution in [0.1, 0.15) is 37.6 Å². The summed E-state index contributed by atoms with van der Waals surface area (Å²) in [5.41, 5.74) is 0. The van der Waals surface area contributed by atoms with Gasteiger partial charge in [0, 0.05) is 6.42 Å². The maximum atomic E-state index is 4.04. The second-order valence-electron chi connectivity index (χ2n) is 2.76. The molecule has 2 nitrogen and oxygen atoms in total. The molecule has 68 valence electrons. The van der Waals surface area contributed by atoms with Crippen LogP contribution in [0.15, 0.2) is 3.92 Å². The molecule has 0 bridgehead atoms. The molecular weight excluding hydrogens is 236 g/mol. The van der Waals surface area contributed by atoms with Gasteiger partial charge < -0.3 is 0 Å². The fraction of sp³-hybridized carbons (Fsp3) is 0.750. The third-order valence-corrected chi connectivity index (χ3v) is 3.10. The maximum Gasteiger partial charge on any atom is 0.183 e. The number of hydrogen-bond donors (Lipinski definition) is 0. The standard InChI is InChI=1S/C8H13BrN2S/c1-2-3-4-5-6-7-10-11-8(9)12-7/h2-6H2,1H3. The number of aromatic nitrogens is 2. The van der Waals surface area contributed by atoms with Crippen LogP contribution in [0.5, 0.6) is 0 Å². The number of rotatable bonds is 5. The summed E-state index contributed by atoms with van der Waals surface area (Å²) in [6.07, 6.45) is 6.27. The molecule has 1 aromatic rings. The molecule has 12 heavy (non-hydrogen) atoms. The zero-order valence-electron chi connectivity index (χ0n) is 7.22. The van der Waals surface area contributed by atoms with E-state index in [1.807, 2.05) is 0 Å². The predicted molar refractivity (Wildman–Crippen MR) is 55.5 cm³/mol. The lowest BCUT2D eigenvalue weighted by molar-refractivity contribution is 0.663. The fourth-order valence-corrected chi connectivity index (χ4v) is 2.28. The topological polar surface area (TPSA) is 25.8 Å². The van der Waals surface area contributed by atoms with Crippen LogP contribution in [0.25, 0.3) is 0 Å². The third-order valence-electron chi connectivity index (χ3n) is 1.69. The monoisotopic (exact) mass is 248 g/mol. The van der Waals surface area contributed by atoms with Gasteiger partial charge in [0.2, 0.25) is 0 Å². The van der Waals surface area contributed by atoms with Crippen molar-refractivity contribution in [3.8, 4) is 0 Å². The number of hydrogen-bond acceptors (Lipinski definition) is 3. The molecule has 0 fully saturated rings. The average Bonchev–Trinajstić information content (AvgIpc) is 2.45. The summed E-state index contributed by atoms with van der Waals surface area (Å²) in [5, 5.41) is 9.09. The Morgan fingerprint density at radius 1 is 1.25 bits per heavy atom. The summed E-state index contributed by atoms with van der Waals surface area (Å²) in [5.74, 6) is 0. The van der Waals surface area contributed by atoms with E-state index in [0.29, 0.717) is 0 Å². The zero-order chi connectivity index (χ0) is 8.81. The smallest absolute Gasteiger partial charge is 0.143 e. The summed E-state index contributed by atoms with van der Waals surface area (Å²) < 4.78 is 0.896. The molecule has 0 radical (unpaired) electrons. The van der Waals surface area contributed by atoms with E-state index < -0.39 is 0 Å². The molecule has 0 unspecified atom stereocenters. The Bertz CT molecular complexity index is 225. The number of aryl methyl sites for hydroxylation is 1. The lowest BCUT2D eigenvalue weighted by Crippen LogP contribution is -1.84. The third kappa shape index (κ3) is 3.63. The van der Waals surface area contributed by atoms with Gasteiger partial charge in [-0.25, -0.2) is 0 Å². The van der Waals surface area contributed by atoms with Gasteiger partial charge in [0.15, 0.2) is 3.92 Å². The molecule has 0 aliphatic rings. The van der Waals surface area contributed by atoms with Gasteiger partial charge in [-0.2, -0.15) is 0 Å². The van der Waals surface area contributed by atoms with Crippen LogP contribution in [0, 0.1) is 0 Å². The van der Waals surface area contributed by atoms with Crippen LogP contribution >= 0.6 is 27.3 Å². The van der Waals surface area contributed by atoms with E-state index in [1.165, 1.54) is 25.7 Å². The molecule has 0 aliphatic carbocycles. The highest BCUT2D eigenvalue weighted by molar-refractivity contribution is 9.11. The van der Waals surface area contributed by atoms with Crippen LogP contribution in [-0.2, 0) is 6.42 Å². The predicted octanol–water partition coefficient (Wildman–Crippen LogP) is 3.42. The first kappa shape index (κ1) is 10.1. The molecule has 0 aromatic carbocycles. The van der Waals surface area contributed by atoms with E-state index in [4.69, 9.17) is 0 Å². The second kappa shape index (κ2) is 5.65. The summed E-state index contributed by atoms with van der Waals surface area (Å²) in [6.45, 7) is 2.22. The van der Waals surface area contributed by atoms with Gasteiger partial charge in [-0.1, -0.05) is 37.5 Å². The van der Waals surface area contributed by atoms with Crippen molar-refractivity contribution >= 4 is 27.3 Å². The molecule has 0 atom stereocenters. The first-order valence-electron chi connectivity index (χ1n) is 4.31. The first-order chi connectivity index (χ1) is 5.83. The maximum absolute atomic E-state index is 4.04. The van der Waals surface area contributed by atoms with Gasteiger partial charge in [-0.15, -0.1) is 10.2 Å². The molecule has 0 amide bonds. The lowest BCUT2D eigenvalue weighted by atomic mass is 10.2. The zero-order valence-corrected chi connectivity index (χ0v) is 9.62. The van der Waals surface area contributed by atoms with E-state index in [0.717, 1.165) is 15.3 Å². The van der Waals surface area contributed by atoms with Crippen LogP contribution < -0.4 is 0 Å². The van der Waals surface area contributed by atoms with Crippen molar-refractivity contribution in [1.29, 1.82) is 0 Å². The molecule has 0 aliphatic heterocycles. The molecule has 4 heteroatoms. The summed E-state index contributed by atoms with van der Waals surface area (Å²) in [6, 6.07) is 0. The van der Waals surface area contributed by atoms with Crippen LogP contribution in [0.4, 0.5) is 0 Å². The van der Waals surface area contributed by atoms with Crippen molar-refractivity contribution in [2.24, 2.45) is 0 Å². The Kier molecular flexibility index (Phi) is 4.76. The highest BCUT2D eigenvalue weighted by atomic mass is 79.9. The number of unbranched alkanes of at least 4 members (excludes halogenated alkanes) is 3. The first-order valence-corrected chi connectivity index (χ1v) is 5.91. The quantitative estimate of drug-likeness (QED) is 0.747. The number of halogens is 1. The minimum absolute atomic E-state index is 0.896. The largest absolute Gasteiger partial charge is 0.183 e. The van der Waals surface area contributed by atoms with Crippen molar-refractivity contribution in [2.45, 2.75) is 39.0 Å². The van der Waals surface area contributed by atoms with Crippen molar-refractivity contribution in [1.82, 2.24) is 10.2 Å². The van der Waals surface area contributed by atoms with E-state index >= 15 is 0 Å². The SMILES string of the molecule is CCCCCCc1nnc(Br)s1. The Labute approximate surface area is 85.5 Å². The van der Waals surface area contributed by atoms with Crippen LogP contribution in [-0.4, -0.2) is 10.2 Å². The van der Waals surface area contributed by atoms with Gasteiger partial charge in [0.05, 0.1) is 0 Å². The van der Waals surface area contributed by atoms with Crippen molar-refractivity contribution in [2.75, 3.05) is 0 Å². The van der Waals surface area contributed by atoms with Crippen LogP contribution in [0.3, 0.4) is 0 Å². The van der Waals surface area contributed by atoms with Gasteiger partial charge >= 0.3 is 0 Å². The highest BCUT2D eigenvalue weighted by Gasteiger charge is 1.99. The van der Waals surface area contributed by atoms with E-state index in [2.05, 4.69) is 33.1 Å². The van der Waals surface area contributed by atoms with E-state index in [1.54, 1.807) is 11.3 Å². The minimum atomic E-state index is 0.896. The molecule has 1 aromatic heterocycles. The Balaban J connectivity index is 2.15. The number of nitrogens with zero attached hydrogens (tertiary/aromatic N) is 2. The van der Waals surface area contributed by atoms with Gasteiger partial charge in [0.1, 0.15) is 5.01 Å². The second-order valence-corrected chi connectivity index (χ2v) is 5.10. The summed E-state index contributed by atoms with van der Waals surface area (Å²) in [7, 11) is 0. The van der Waals surface area contributed by atoms with Crippen molar-refractivity contribution < 1.29 is 0 Å². The normalized spacial score (nSPS) is 10.5. The molecule has 1 rings (SSSR count). The molecular formula is C8H13BrN2S.